The molecule has 1 unspecified atom stereocenters. The van der Waals surface area contributed by atoms with Gasteiger partial charge in [-0.2, -0.15) is 0 Å². The van der Waals surface area contributed by atoms with E-state index in [0.717, 1.165) is 33.1 Å². The van der Waals surface area contributed by atoms with Gasteiger partial charge in [0.2, 0.25) is 5.16 Å². The van der Waals surface area contributed by atoms with Crippen LogP contribution in [0.1, 0.15) is 30.5 Å². The maximum atomic E-state index is 12.8. The lowest BCUT2D eigenvalue weighted by molar-refractivity contribution is 0.906. The van der Waals surface area contributed by atoms with Crippen LogP contribution in [0.3, 0.4) is 0 Å². The fraction of sp³-hybridized carbons (Fsp3) is 0.182. The van der Waals surface area contributed by atoms with Gasteiger partial charge in [0.25, 0.3) is 5.56 Å². The summed E-state index contributed by atoms with van der Waals surface area (Å²) in [5.41, 5.74) is 3.12. The van der Waals surface area contributed by atoms with Crippen LogP contribution in [-0.2, 0) is 6.42 Å². The van der Waals surface area contributed by atoms with Crippen molar-refractivity contribution in [3.63, 3.8) is 0 Å². The second kappa shape index (κ2) is 8.41. The number of H-pyrrole nitrogens is 2. The number of hydrogen-bond donors (Lipinski definition) is 2. The lowest BCUT2D eigenvalue weighted by Crippen LogP contribution is -2.12. The summed E-state index contributed by atoms with van der Waals surface area (Å²) < 4.78 is 0. The molecule has 0 fully saturated rings. The van der Waals surface area contributed by atoms with Crippen molar-refractivity contribution in [2.75, 3.05) is 0 Å². The van der Waals surface area contributed by atoms with Crippen LogP contribution in [0.4, 0.5) is 0 Å². The van der Waals surface area contributed by atoms with E-state index in [9.17, 15) is 4.79 Å². The smallest absolute Gasteiger partial charge is 0.260 e. The van der Waals surface area contributed by atoms with Crippen LogP contribution in [0.2, 0.25) is 0 Å². The Morgan fingerprint density at radius 1 is 1.13 bits per heavy atom. The van der Waals surface area contributed by atoms with Gasteiger partial charge in [0.15, 0.2) is 5.82 Å². The number of aromatic amines is 2. The maximum Gasteiger partial charge on any atom is 0.260 e. The SMILES string of the molecule is CCc1ccc(-c2nc(SC(C)c3nc4scc(-c5cccs5)c4c(=O)[nH]3)n[nH]2)cc1. The minimum atomic E-state index is -0.108. The van der Waals surface area contributed by atoms with Crippen LogP contribution in [0.15, 0.2) is 57.1 Å². The maximum absolute atomic E-state index is 12.8. The molecule has 0 aliphatic heterocycles. The summed E-state index contributed by atoms with van der Waals surface area (Å²) in [6.07, 6.45) is 1.00. The van der Waals surface area contributed by atoms with E-state index in [1.54, 1.807) is 11.3 Å². The number of thiophene rings is 2. The number of aromatic nitrogens is 5. The third-order valence-corrected chi connectivity index (χ3v) is 7.76. The van der Waals surface area contributed by atoms with E-state index in [1.165, 1.54) is 28.7 Å². The van der Waals surface area contributed by atoms with Crippen LogP contribution < -0.4 is 5.56 Å². The fourth-order valence-electron chi connectivity index (χ4n) is 3.31. The predicted molar refractivity (Wildman–Crippen MR) is 129 cm³/mol. The van der Waals surface area contributed by atoms with Crippen LogP contribution >= 0.6 is 34.4 Å². The van der Waals surface area contributed by atoms with Gasteiger partial charge in [-0.15, -0.1) is 27.8 Å². The summed E-state index contributed by atoms with van der Waals surface area (Å²) >= 11 is 4.58. The highest BCUT2D eigenvalue weighted by Crippen LogP contribution is 2.36. The molecule has 31 heavy (non-hydrogen) atoms. The molecule has 0 aliphatic carbocycles. The van der Waals surface area contributed by atoms with Crippen molar-refractivity contribution in [3.8, 4) is 21.8 Å². The Hall–Kier alpha value is -2.75. The zero-order valence-corrected chi connectivity index (χ0v) is 19.3. The van der Waals surface area contributed by atoms with E-state index >= 15 is 0 Å². The third-order valence-electron chi connectivity index (χ3n) is 5.02. The molecule has 2 N–H and O–H groups in total. The number of hydrogen-bond acceptors (Lipinski definition) is 7. The first kappa shape index (κ1) is 20.2. The molecular weight excluding hydrogens is 446 g/mol. The molecule has 0 bridgehead atoms. The molecule has 0 saturated heterocycles. The molecule has 0 aliphatic rings. The summed E-state index contributed by atoms with van der Waals surface area (Å²) in [5.74, 6) is 1.36. The monoisotopic (exact) mass is 465 g/mol. The predicted octanol–water partition coefficient (Wildman–Crippen LogP) is 5.91. The summed E-state index contributed by atoms with van der Waals surface area (Å²) in [6.45, 7) is 4.13. The molecule has 156 valence electrons. The summed E-state index contributed by atoms with van der Waals surface area (Å²) in [4.78, 5) is 27.0. The number of benzene rings is 1. The van der Waals surface area contributed by atoms with E-state index in [4.69, 9.17) is 4.98 Å². The summed E-state index contributed by atoms with van der Waals surface area (Å²) in [6, 6.07) is 12.3. The standard InChI is InChI=1S/C22H19N5OS3/c1-3-13-6-8-14(9-7-13)19-25-22(27-26-19)31-12(2)18-23-20(28)17-15(11-30-21(17)24-18)16-5-4-10-29-16/h4-12H,3H2,1-2H3,(H,23,24,28)(H,25,26,27). The third kappa shape index (κ3) is 3.96. The van der Waals surface area contributed by atoms with Crippen LogP contribution in [-0.4, -0.2) is 25.1 Å². The summed E-state index contributed by atoms with van der Waals surface area (Å²) in [5, 5.41) is 12.5. The van der Waals surface area contributed by atoms with E-state index < -0.39 is 0 Å². The average Bonchev–Trinajstić information content (AvgIpc) is 3.54. The van der Waals surface area contributed by atoms with Gasteiger partial charge >= 0.3 is 0 Å². The van der Waals surface area contributed by atoms with Crippen molar-refractivity contribution in [2.45, 2.75) is 30.7 Å². The Labute approximate surface area is 190 Å². The number of nitrogens with zero attached hydrogens (tertiary/aromatic N) is 3. The number of aryl methyl sites for hydroxylation is 1. The topological polar surface area (TPSA) is 87.3 Å². The number of thioether (sulfide) groups is 1. The molecule has 0 radical (unpaired) electrons. The molecule has 1 aromatic carbocycles. The molecule has 1 atom stereocenters. The van der Waals surface area contributed by atoms with Crippen LogP contribution in [0.5, 0.6) is 0 Å². The quantitative estimate of drug-likeness (QED) is 0.304. The molecule has 6 nitrogen and oxygen atoms in total. The molecular formula is C22H19N5OS3. The lowest BCUT2D eigenvalue weighted by Gasteiger charge is -2.08. The highest BCUT2D eigenvalue weighted by molar-refractivity contribution is 7.99. The Morgan fingerprint density at radius 2 is 1.97 bits per heavy atom. The molecule has 0 amide bonds. The van der Waals surface area contributed by atoms with Crippen molar-refractivity contribution >= 4 is 44.7 Å². The first-order valence-electron chi connectivity index (χ1n) is 9.86. The Kier molecular flexibility index (Phi) is 5.47. The molecule has 9 heteroatoms. The molecule has 4 aromatic heterocycles. The minimum absolute atomic E-state index is 0.101. The van der Waals surface area contributed by atoms with Gasteiger partial charge < -0.3 is 4.98 Å². The highest BCUT2D eigenvalue weighted by atomic mass is 32.2. The van der Waals surface area contributed by atoms with Crippen molar-refractivity contribution in [1.29, 1.82) is 0 Å². The molecule has 4 heterocycles. The Morgan fingerprint density at radius 3 is 2.71 bits per heavy atom. The van der Waals surface area contributed by atoms with Gasteiger partial charge in [-0.25, -0.2) is 9.97 Å². The summed E-state index contributed by atoms with van der Waals surface area (Å²) in [7, 11) is 0. The van der Waals surface area contributed by atoms with Gasteiger partial charge in [-0.3, -0.25) is 9.89 Å². The number of rotatable bonds is 6. The lowest BCUT2D eigenvalue weighted by atomic mass is 10.1. The van der Waals surface area contributed by atoms with Gasteiger partial charge in [-0.05, 0) is 30.4 Å². The van der Waals surface area contributed by atoms with E-state index in [2.05, 4.69) is 39.2 Å². The van der Waals surface area contributed by atoms with Crippen molar-refractivity contribution in [1.82, 2.24) is 25.1 Å². The first-order valence-corrected chi connectivity index (χ1v) is 12.5. The van der Waals surface area contributed by atoms with Crippen molar-refractivity contribution in [2.24, 2.45) is 0 Å². The Bertz CT molecular complexity index is 1380. The van der Waals surface area contributed by atoms with Crippen molar-refractivity contribution < 1.29 is 0 Å². The first-order chi connectivity index (χ1) is 15.1. The number of nitrogens with one attached hydrogen (secondary N) is 2. The minimum Gasteiger partial charge on any atom is -0.309 e. The van der Waals surface area contributed by atoms with Gasteiger partial charge in [0.05, 0.1) is 10.6 Å². The molecule has 0 spiro atoms. The second-order valence-corrected chi connectivity index (χ2v) is 10.1. The second-order valence-electron chi connectivity index (χ2n) is 7.04. The zero-order chi connectivity index (χ0) is 21.4. The normalized spacial score (nSPS) is 12.5. The van der Waals surface area contributed by atoms with Crippen molar-refractivity contribution in [3.05, 3.63) is 68.9 Å². The van der Waals surface area contributed by atoms with Gasteiger partial charge in [0.1, 0.15) is 10.7 Å². The number of fused-ring (bicyclic) bond motifs is 1. The Balaban J connectivity index is 1.39. The van der Waals surface area contributed by atoms with Gasteiger partial charge in [0, 0.05) is 21.4 Å². The van der Waals surface area contributed by atoms with E-state index in [1.807, 2.05) is 41.9 Å². The molecule has 5 aromatic rings. The van der Waals surface area contributed by atoms with E-state index in [-0.39, 0.29) is 10.8 Å². The highest BCUT2D eigenvalue weighted by Gasteiger charge is 2.18. The van der Waals surface area contributed by atoms with Crippen LogP contribution in [0.25, 0.3) is 32.0 Å². The van der Waals surface area contributed by atoms with E-state index in [0.29, 0.717) is 16.4 Å². The van der Waals surface area contributed by atoms with Crippen LogP contribution in [0, 0.1) is 0 Å². The van der Waals surface area contributed by atoms with Gasteiger partial charge in [-0.1, -0.05) is 49.0 Å². The zero-order valence-electron chi connectivity index (χ0n) is 16.9. The fourth-order valence-corrected chi connectivity index (χ4v) is 5.86. The largest absolute Gasteiger partial charge is 0.309 e. The molecule has 5 rings (SSSR count). The molecule has 0 saturated carbocycles. The average molecular weight is 466 g/mol.